The maximum atomic E-state index is 3.54. The summed E-state index contributed by atoms with van der Waals surface area (Å²) in [4.78, 5) is 2.64. The van der Waals surface area contributed by atoms with Gasteiger partial charge >= 0.3 is 0 Å². The average molecular weight is 224 g/mol. The minimum absolute atomic E-state index is 0.724. The molecule has 0 aliphatic heterocycles. The molecule has 2 aliphatic carbocycles. The van der Waals surface area contributed by atoms with Crippen molar-refractivity contribution in [3.63, 3.8) is 0 Å². The molecular formula is C14H28N2. The summed E-state index contributed by atoms with van der Waals surface area (Å²) in [5.41, 5.74) is 0. The van der Waals surface area contributed by atoms with Crippen molar-refractivity contribution in [1.29, 1.82) is 0 Å². The number of nitrogens with zero attached hydrogens (tertiary/aromatic N) is 1. The first-order valence-corrected chi connectivity index (χ1v) is 7.10. The first-order valence-electron chi connectivity index (χ1n) is 7.10. The largest absolute Gasteiger partial charge is 0.315 e. The second-order valence-corrected chi connectivity index (χ2v) is 6.01. The van der Waals surface area contributed by atoms with Crippen molar-refractivity contribution < 1.29 is 0 Å². The quantitative estimate of drug-likeness (QED) is 0.738. The topological polar surface area (TPSA) is 15.3 Å². The molecule has 0 aromatic heterocycles. The number of hydrogen-bond donors (Lipinski definition) is 1. The lowest BCUT2D eigenvalue weighted by Crippen LogP contribution is -2.47. The molecule has 0 aromatic carbocycles. The van der Waals surface area contributed by atoms with Gasteiger partial charge in [0.25, 0.3) is 0 Å². The monoisotopic (exact) mass is 224 g/mol. The van der Waals surface area contributed by atoms with E-state index in [4.69, 9.17) is 0 Å². The van der Waals surface area contributed by atoms with Gasteiger partial charge in [-0.05, 0) is 45.2 Å². The van der Waals surface area contributed by atoms with E-state index < -0.39 is 0 Å². The number of likely N-dealkylation sites (N-methyl/N-ethyl adjacent to an activating group) is 2. The Balaban J connectivity index is 1.87. The van der Waals surface area contributed by atoms with Crippen LogP contribution in [0, 0.1) is 11.8 Å². The Kier molecular flexibility index (Phi) is 4.26. The Labute approximate surface area is 101 Å². The van der Waals surface area contributed by atoms with Crippen LogP contribution in [0.15, 0.2) is 0 Å². The van der Waals surface area contributed by atoms with Gasteiger partial charge in [-0.1, -0.05) is 26.2 Å². The normalized spacial score (nSPS) is 39.8. The minimum Gasteiger partial charge on any atom is -0.315 e. The van der Waals surface area contributed by atoms with Gasteiger partial charge in [0.15, 0.2) is 0 Å². The van der Waals surface area contributed by atoms with Crippen molar-refractivity contribution in [2.45, 2.75) is 57.5 Å². The molecule has 0 heterocycles. The van der Waals surface area contributed by atoms with E-state index in [2.05, 4.69) is 31.2 Å². The summed E-state index contributed by atoms with van der Waals surface area (Å²) in [6.45, 7) is 3.71. The van der Waals surface area contributed by atoms with Crippen molar-refractivity contribution in [3.8, 4) is 0 Å². The van der Waals surface area contributed by atoms with Crippen LogP contribution in [0.4, 0.5) is 0 Å². The molecular weight excluding hydrogens is 196 g/mol. The standard InChI is InChI=1S/C14H28N2/c1-11-9-12(11)10-16(3)14-8-6-4-5-7-13(14)15-2/h11-15H,4-10H2,1-3H3. The van der Waals surface area contributed by atoms with Crippen LogP contribution in [0.25, 0.3) is 0 Å². The van der Waals surface area contributed by atoms with Crippen LogP contribution < -0.4 is 5.32 Å². The number of rotatable bonds is 4. The van der Waals surface area contributed by atoms with Crippen LogP contribution in [0.1, 0.15) is 45.4 Å². The van der Waals surface area contributed by atoms with E-state index in [0.29, 0.717) is 0 Å². The summed E-state index contributed by atoms with van der Waals surface area (Å²) in [5, 5.41) is 3.54. The fourth-order valence-electron chi connectivity index (χ4n) is 3.31. The molecule has 0 radical (unpaired) electrons. The summed E-state index contributed by atoms with van der Waals surface area (Å²) in [5.74, 6) is 1.98. The molecule has 2 aliphatic rings. The fraction of sp³-hybridized carbons (Fsp3) is 1.00. The predicted molar refractivity (Wildman–Crippen MR) is 69.6 cm³/mol. The van der Waals surface area contributed by atoms with Crippen LogP contribution >= 0.6 is 0 Å². The highest BCUT2D eigenvalue weighted by Gasteiger charge is 2.35. The molecule has 2 saturated carbocycles. The molecule has 4 unspecified atom stereocenters. The lowest BCUT2D eigenvalue weighted by Gasteiger charge is -2.33. The van der Waals surface area contributed by atoms with Gasteiger partial charge in [0.1, 0.15) is 0 Å². The van der Waals surface area contributed by atoms with E-state index in [1.54, 1.807) is 0 Å². The average Bonchev–Trinajstić information content (AvgIpc) is 3.00. The molecule has 2 heteroatoms. The Bertz CT molecular complexity index is 217. The van der Waals surface area contributed by atoms with E-state index in [0.717, 1.165) is 23.9 Å². The minimum atomic E-state index is 0.724. The van der Waals surface area contributed by atoms with Crippen molar-refractivity contribution in [3.05, 3.63) is 0 Å². The highest BCUT2D eigenvalue weighted by Crippen LogP contribution is 2.38. The lowest BCUT2D eigenvalue weighted by atomic mass is 10.0. The van der Waals surface area contributed by atoms with Gasteiger partial charge in [-0.3, -0.25) is 0 Å². The van der Waals surface area contributed by atoms with Gasteiger partial charge in [-0.15, -0.1) is 0 Å². The summed E-state index contributed by atoms with van der Waals surface area (Å²) in [7, 11) is 4.47. The molecule has 0 aromatic rings. The van der Waals surface area contributed by atoms with Crippen LogP contribution in [0.5, 0.6) is 0 Å². The molecule has 0 saturated heterocycles. The highest BCUT2D eigenvalue weighted by molar-refractivity contribution is 4.90. The van der Waals surface area contributed by atoms with Gasteiger partial charge in [-0.2, -0.15) is 0 Å². The van der Waals surface area contributed by atoms with Crippen molar-refractivity contribution >= 4 is 0 Å². The van der Waals surface area contributed by atoms with Gasteiger partial charge in [0.05, 0.1) is 0 Å². The van der Waals surface area contributed by atoms with Crippen LogP contribution in [0.2, 0.25) is 0 Å². The molecule has 2 rings (SSSR count). The Morgan fingerprint density at radius 3 is 2.50 bits per heavy atom. The second kappa shape index (κ2) is 5.50. The third-order valence-corrected chi connectivity index (χ3v) is 4.72. The van der Waals surface area contributed by atoms with E-state index in [-0.39, 0.29) is 0 Å². The molecule has 16 heavy (non-hydrogen) atoms. The molecule has 1 N–H and O–H groups in total. The van der Waals surface area contributed by atoms with Crippen LogP contribution in [-0.4, -0.2) is 37.6 Å². The first kappa shape index (κ1) is 12.4. The van der Waals surface area contributed by atoms with Crippen LogP contribution in [-0.2, 0) is 0 Å². The first-order chi connectivity index (χ1) is 7.72. The number of hydrogen-bond acceptors (Lipinski definition) is 2. The Morgan fingerprint density at radius 1 is 1.19 bits per heavy atom. The molecule has 0 bridgehead atoms. The van der Waals surface area contributed by atoms with Crippen molar-refractivity contribution in [2.75, 3.05) is 20.6 Å². The summed E-state index contributed by atoms with van der Waals surface area (Å²) in [6, 6.07) is 1.50. The zero-order valence-corrected chi connectivity index (χ0v) is 11.2. The van der Waals surface area contributed by atoms with Crippen molar-refractivity contribution in [1.82, 2.24) is 10.2 Å². The molecule has 0 amide bonds. The zero-order chi connectivity index (χ0) is 11.5. The van der Waals surface area contributed by atoms with E-state index in [1.165, 1.54) is 45.1 Å². The van der Waals surface area contributed by atoms with Gasteiger partial charge in [0.2, 0.25) is 0 Å². The zero-order valence-electron chi connectivity index (χ0n) is 11.2. The third-order valence-electron chi connectivity index (χ3n) is 4.72. The van der Waals surface area contributed by atoms with Gasteiger partial charge < -0.3 is 10.2 Å². The SMILES string of the molecule is CNC1CCCCCC1N(C)CC1CC1C. The predicted octanol–water partition coefficient (Wildman–Crippen LogP) is 2.49. The van der Waals surface area contributed by atoms with E-state index in [9.17, 15) is 0 Å². The summed E-state index contributed by atoms with van der Waals surface area (Å²) < 4.78 is 0. The highest BCUT2D eigenvalue weighted by atomic mass is 15.2. The molecule has 0 spiro atoms. The smallest absolute Gasteiger partial charge is 0.0246 e. The van der Waals surface area contributed by atoms with Crippen LogP contribution in [0.3, 0.4) is 0 Å². The molecule has 2 nitrogen and oxygen atoms in total. The maximum absolute atomic E-state index is 3.54. The third kappa shape index (κ3) is 2.98. The fourth-order valence-corrected chi connectivity index (χ4v) is 3.31. The summed E-state index contributed by atoms with van der Waals surface area (Å²) >= 11 is 0. The van der Waals surface area contributed by atoms with Gasteiger partial charge in [-0.25, -0.2) is 0 Å². The molecule has 94 valence electrons. The summed E-state index contributed by atoms with van der Waals surface area (Å²) in [6.07, 6.45) is 8.49. The molecule has 2 fully saturated rings. The maximum Gasteiger partial charge on any atom is 0.0246 e. The Hall–Kier alpha value is -0.0800. The number of nitrogens with one attached hydrogen (secondary N) is 1. The van der Waals surface area contributed by atoms with E-state index >= 15 is 0 Å². The Morgan fingerprint density at radius 2 is 1.88 bits per heavy atom. The van der Waals surface area contributed by atoms with Gasteiger partial charge in [0, 0.05) is 18.6 Å². The second-order valence-electron chi connectivity index (χ2n) is 6.01. The lowest BCUT2D eigenvalue weighted by molar-refractivity contribution is 0.177. The van der Waals surface area contributed by atoms with Crippen molar-refractivity contribution in [2.24, 2.45) is 11.8 Å². The molecule has 4 atom stereocenters. The van der Waals surface area contributed by atoms with E-state index in [1.807, 2.05) is 0 Å².